The van der Waals surface area contributed by atoms with Gasteiger partial charge in [0, 0.05) is 12.3 Å². The molecule has 1 fully saturated rings. The van der Waals surface area contributed by atoms with Crippen LogP contribution in [0.1, 0.15) is 47.9 Å². The minimum Gasteiger partial charge on any atom is -0.459 e. The lowest BCUT2D eigenvalue weighted by Gasteiger charge is -2.44. The van der Waals surface area contributed by atoms with Gasteiger partial charge in [-0.3, -0.25) is 4.99 Å². The number of nitrogens with zero attached hydrogens (tertiary/aromatic N) is 1. The fourth-order valence-corrected chi connectivity index (χ4v) is 7.58. The van der Waals surface area contributed by atoms with E-state index < -0.39 is 53.7 Å². The van der Waals surface area contributed by atoms with Gasteiger partial charge in [0.1, 0.15) is 17.1 Å². The Morgan fingerprint density at radius 1 is 0.620 bits per heavy atom. The normalized spacial score (nSPS) is 21.6. The molecule has 0 N–H and O–H groups in total. The zero-order valence-corrected chi connectivity index (χ0v) is 28.3. The quantitative estimate of drug-likeness (QED) is 0.133. The van der Waals surface area contributed by atoms with Gasteiger partial charge in [-0.1, -0.05) is 96.3 Å². The second-order valence-electron chi connectivity index (χ2n) is 11.2. The molecule has 0 aromatic heterocycles. The molecule has 50 heavy (non-hydrogen) atoms. The number of carbonyl (C=O) groups excluding carboxylic acids is 4. The summed E-state index contributed by atoms with van der Waals surface area (Å²) in [4.78, 5) is 58.6. The first-order valence-electron chi connectivity index (χ1n) is 16.0. The molecule has 0 saturated carbocycles. The summed E-state index contributed by atoms with van der Waals surface area (Å²) in [5, 5.41) is 0. The van der Waals surface area contributed by atoms with Gasteiger partial charge in [0.25, 0.3) is 0 Å². The molecule has 0 spiro atoms. The molecule has 4 aromatic carbocycles. The number of thioether (sulfide) groups is 2. The fraction of sp³-hybridized carbons (Fsp3) is 0.237. The van der Waals surface area contributed by atoms with Gasteiger partial charge < -0.3 is 23.7 Å². The number of hydrogen-bond acceptors (Lipinski definition) is 12. The van der Waals surface area contributed by atoms with Crippen LogP contribution in [-0.4, -0.2) is 77.0 Å². The predicted molar refractivity (Wildman–Crippen MR) is 189 cm³/mol. The Morgan fingerprint density at radius 3 is 1.52 bits per heavy atom. The van der Waals surface area contributed by atoms with E-state index in [4.69, 9.17) is 23.7 Å². The van der Waals surface area contributed by atoms with Crippen molar-refractivity contribution in [3.05, 3.63) is 144 Å². The van der Waals surface area contributed by atoms with Crippen LogP contribution in [0, 0.1) is 0 Å². The molecule has 0 amide bonds. The maximum atomic E-state index is 13.7. The third kappa shape index (κ3) is 9.00. The van der Waals surface area contributed by atoms with Gasteiger partial charge in [0.15, 0.2) is 23.7 Å². The second-order valence-corrected chi connectivity index (χ2v) is 13.6. The lowest BCUT2D eigenvalue weighted by atomic mass is 9.98. The summed E-state index contributed by atoms with van der Waals surface area (Å²) in [5.74, 6) is -1.99. The molecule has 0 bridgehead atoms. The van der Waals surface area contributed by atoms with Crippen LogP contribution in [0.25, 0.3) is 0 Å². The van der Waals surface area contributed by atoms with Gasteiger partial charge in [-0.2, -0.15) is 0 Å². The zero-order chi connectivity index (χ0) is 34.7. The third-order valence-corrected chi connectivity index (χ3v) is 10.2. The van der Waals surface area contributed by atoms with E-state index in [9.17, 15) is 19.2 Å². The van der Waals surface area contributed by atoms with Crippen molar-refractivity contribution >= 4 is 51.8 Å². The molecule has 2 aliphatic heterocycles. The van der Waals surface area contributed by atoms with E-state index in [-0.39, 0.29) is 23.3 Å². The van der Waals surface area contributed by atoms with Gasteiger partial charge in [0.2, 0.25) is 0 Å². The zero-order valence-electron chi connectivity index (χ0n) is 26.7. The molecule has 256 valence electrons. The summed E-state index contributed by atoms with van der Waals surface area (Å²) >= 11 is 2.73. The maximum Gasteiger partial charge on any atom is 0.338 e. The number of carbonyl (C=O) groups is 4. The van der Waals surface area contributed by atoms with E-state index in [0.717, 1.165) is 12.2 Å². The largest absolute Gasteiger partial charge is 0.459 e. The van der Waals surface area contributed by atoms with Crippen molar-refractivity contribution in [2.75, 3.05) is 18.9 Å². The summed E-state index contributed by atoms with van der Waals surface area (Å²) in [6, 6.07) is 33.3. The monoisotopic (exact) mass is 711 g/mol. The molecule has 0 unspecified atom stereocenters. The molecule has 0 aliphatic carbocycles. The number of esters is 4. The highest BCUT2D eigenvalue weighted by molar-refractivity contribution is 8.39. The lowest BCUT2D eigenvalue weighted by Crippen LogP contribution is -2.62. The van der Waals surface area contributed by atoms with E-state index >= 15 is 0 Å². The van der Waals surface area contributed by atoms with Gasteiger partial charge in [0.05, 0.1) is 22.3 Å². The smallest absolute Gasteiger partial charge is 0.338 e. The average Bonchev–Trinajstić information content (AvgIpc) is 3.17. The highest BCUT2D eigenvalue weighted by atomic mass is 32.2. The van der Waals surface area contributed by atoms with Crippen molar-refractivity contribution in [2.24, 2.45) is 4.99 Å². The number of benzene rings is 4. The van der Waals surface area contributed by atoms with E-state index in [1.807, 2.05) is 0 Å². The van der Waals surface area contributed by atoms with E-state index in [2.05, 4.69) is 4.99 Å². The molecule has 10 nitrogen and oxygen atoms in total. The van der Waals surface area contributed by atoms with E-state index in [1.165, 1.54) is 23.5 Å². The van der Waals surface area contributed by atoms with Crippen LogP contribution in [0.3, 0.4) is 0 Å². The predicted octanol–water partition coefficient (Wildman–Crippen LogP) is 6.47. The Labute approximate surface area is 297 Å². The van der Waals surface area contributed by atoms with Crippen LogP contribution in [-0.2, 0) is 23.7 Å². The van der Waals surface area contributed by atoms with Crippen molar-refractivity contribution in [3.63, 3.8) is 0 Å². The summed E-state index contributed by atoms with van der Waals surface area (Å²) < 4.78 is 31.3. The Morgan fingerprint density at radius 2 is 1.06 bits per heavy atom. The molecule has 1 saturated heterocycles. The lowest BCUT2D eigenvalue weighted by molar-refractivity contribution is -0.207. The highest BCUT2D eigenvalue weighted by Gasteiger charge is 2.53. The maximum absolute atomic E-state index is 13.7. The van der Waals surface area contributed by atoms with Crippen molar-refractivity contribution in [2.45, 2.75) is 36.3 Å². The molecule has 2 aliphatic rings. The van der Waals surface area contributed by atoms with Gasteiger partial charge in [-0.15, -0.1) is 0 Å². The molecule has 4 aromatic rings. The Kier molecular flexibility index (Phi) is 12.0. The standard InChI is InChI=1S/C38H33NO9S2/c40-33(25-14-5-1-6-15-25)44-24-29-30(46-34(41)26-16-7-2-8-17-26)31(47-35(42)27-18-9-3-10-19-27)32(48-36(43)28-20-11-4-12-21-28)37(45-29)50-38-39-22-13-23-49-38/h1-12,14-21,29-32,37H,13,22-24H2/t29-,30-,31+,32-,37+/m1/s1. The first-order valence-corrected chi connectivity index (χ1v) is 17.8. The third-order valence-electron chi connectivity index (χ3n) is 7.72. The van der Waals surface area contributed by atoms with Crippen molar-refractivity contribution in [1.82, 2.24) is 0 Å². The van der Waals surface area contributed by atoms with E-state index in [0.29, 0.717) is 16.5 Å². The second kappa shape index (κ2) is 17.1. The van der Waals surface area contributed by atoms with Crippen LogP contribution in [0.5, 0.6) is 0 Å². The number of aliphatic imine (C=N–C) groups is 1. The van der Waals surface area contributed by atoms with Gasteiger partial charge in [-0.05, 0) is 55.0 Å². The summed E-state index contributed by atoms with van der Waals surface area (Å²) in [6.07, 6.45) is -4.32. The summed E-state index contributed by atoms with van der Waals surface area (Å²) in [7, 11) is 0. The minimum absolute atomic E-state index is 0.225. The molecule has 5 atom stereocenters. The van der Waals surface area contributed by atoms with Crippen molar-refractivity contribution < 1.29 is 42.9 Å². The highest BCUT2D eigenvalue weighted by Crippen LogP contribution is 2.38. The SMILES string of the molecule is O=C(OC[C@H]1O[C@@H](SC2=NCCCS2)[C@H](OC(=O)c2ccccc2)[C@@H](OC(=O)c2ccccc2)[C@@H]1OC(=O)c1ccccc1)c1ccccc1. The number of rotatable bonds is 10. The average molecular weight is 712 g/mol. The number of hydrogen-bond donors (Lipinski definition) is 0. The van der Waals surface area contributed by atoms with Crippen LogP contribution in [0.2, 0.25) is 0 Å². The van der Waals surface area contributed by atoms with Gasteiger partial charge in [-0.25, -0.2) is 19.2 Å². The minimum atomic E-state index is -1.40. The summed E-state index contributed by atoms with van der Waals surface area (Å²) in [5.41, 5.74) is 0.00615. The Hall–Kier alpha value is -4.91. The van der Waals surface area contributed by atoms with Gasteiger partial charge >= 0.3 is 23.9 Å². The first-order chi connectivity index (χ1) is 24.5. The Balaban J connectivity index is 1.40. The van der Waals surface area contributed by atoms with Crippen LogP contribution < -0.4 is 0 Å². The molecule has 12 heteroatoms. The van der Waals surface area contributed by atoms with Crippen LogP contribution in [0.4, 0.5) is 0 Å². The Bertz CT molecular complexity index is 1790. The summed E-state index contributed by atoms with van der Waals surface area (Å²) in [6.45, 7) is 0.230. The topological polar surface area (TPSA) is 127 Å². The van der Waals surface area contributed by atoms with Crippen LogP contribution in [0.15, 0.2) is 126 Å². The molecule has 0 radical (unpaired) electrons. The van der Waals surface area contributed by atoms with E-state index in [1.54, 1.807) is 121 Å². The fourth-order valence-electron chi connectivity index (χ4n) is 5.23. The van der Waals surface area contributed by atoms with Crippen molar-refractivity contribution in [1.29, 1.82) is 0 Å². The van der Waals surface area contributed by atoms with Crippen molar-refractivity contribution in [3.8, 4) is 0 Å². The molecular weight excluding hydrogens is 679 g/mol. The first kappa shape index (κ1) is 34.9. The molecule has 2 heterocycles. The van der Waals surface area contributed by atoms with Crippen LogP contribution >= 0.6 is 23.5 Å². The number of ether oxygens (including phenoxy) is 5. The molecular formula is C38H33NO9S2. The molecule has 6 rings (SSSR count).